The fraction of sp³-hybridized carbons (Fsp3) is 0.182. The number of rotatable bonds is 6. The van der Waals surface area contributed by atoms with Gasteiger partial charge in [0.2, 0.25) is 10.0 Å². The number of carbonyl (C=O) groups excluding carboxylic acids is 1. The second-order valence-electron chi connectivity index (χ2n) is 6.95. The lowest BCUT2D eigenvalue weighted by Gasteiger charge is -2.25. The maximum Gasteiger partial charge on any atom is 0.255 e. The minimum Gasteiger partial charge on any atom is -0.321 e. The van der Waals surface area contributed by atoms with Crippen molar-refractivity contribution in [3.8, 4) is 0 Å². The van der Waals surface area contributed by atoms with Crippen LogP contribution in [0, 0.1) is 13.8 Å². The van der Waals surface area contributed by atoms with E-state index in [1.807, 2.05) is 32.0 Å². The average Bonchev–Trinajstić information content (AvgIpc) is 2.68. The Morgan fingerprint density at radius 2 is 1.79 bits per heavy atom. The molecule has 6 nitrogen and oxygen atoms in total. The molecule has 0 unspecified atom stereocenters. The number of carbonyl (C=O) groups is 1. The summed E-state index contributed by atoms with van der Waals surface area (Å²) in [4.78, 5) is 16.3. The highest BCUT2D eigenvalue weighted by molar-refractivity contribution is 7.92. The molecule has 3 rings (SSSR count). The van der Waals surface area contributed by atoms with Crippen LogP contribution in [0.4, 0.5) is 11.4 Å². The van der Waals surface area contributed by atoms with Crippen LogP contribution in [0.2, 0.25) is 0 Å². The fourth-order valence-corrected chi connectivity index (χ4v) is 3.87. The number of nitrogens with zero attached hydrogens (tertiary/aromatic N) is 2. The van der Waals surface area contributed by atoms with E-state index in [-0.39, 0.29) is 12.5 Å². The molecular formula is C22H23N3O3S. The van der Waals surface area contributed by atoms with Gasteiger partial charge in [-0.1, -0.05) is 24.3 Å². The summed E-state index contributed by atoms with van der Waals surface area (Å²) >= 11 is 0. The van der Waals surface area contributed by atoms with Gasteiger partial charge in [0.05, 0.1) is 30.4 Å². The number of hydrogen-bond acceptors (Lipinski definition) is 4. The molecule has 0 aliphatic rings. The molecule has 1 N–H and O–H groups in total. The van der Waals surface area contributed by atoms with Gasteiger partial charge in [0, 0.05) is 11.8 Å². The molecule has 3 aromatic rings. The molecule has 1 heterocycles. The highest BCUT2D eigenvalue weighted by Gasteiger charge is 2.20. The maximum absolute atomic E-state index is 12.4. The molecule has 150 valence electrons. The van der Waals surface area contributed by atoms with Crippen LogP contribution in [0.3, 0.4) is 0 Å². The summed E-state index contributed by atoms with van der Waals surface area (Å²) in [5.41, 5.74) is 4.41. The first kappa shape index (κ1) is 20.5. The average molecular weight is 410 g/mol. The van der Waals surface area contributed by atoms with Crippen molar-refractivity contribution in [1.29, 1.82) is 0 Å². The normalized spacial score (nSPS) is 11.1. The van der Waals surface area contributed by atoms with Crippen LogP contribution in [0.1, 0.15) is 27.0 Å². The number of benzene rings is 2. The van der Waals surface area contributed by atoms with Crippen LogP contribution >= 0.6 is 0 Å². The highest BCUT2D eigenvalue weighted by Crippen LogP contribution is 2.26. The van der Waals surface area contributed by atoms with Crippen LogP contribution in [0.15, 0.2) is 67.0 Å². The molecule has 1 amide bonds. The minimum absolute atomic E-state index is 0.188. The summed E-state index contributed by atoms with van der Waals surface area (Å²) in [5, 5.41) is 2.77. The predicted molar refractivity (Wildman–Crippen MR) is 116 cm³/mol. The van der Waals surface area contributed by atoms with Crippen LogP contribution in [0.5, 0.6) is 0 Å². The number of hydrogen-bond donors (Lipinski definition) is 1. The van der Waals surface area contributed by atoms with Crippen LogP contribution in [-0.2, 0) is 16.6 Å². The molecule has 0 saturated heterocycles. The van der Waals surface area contributed by atoms with Gasteiger partial charge in [-0.3, -0.25) is 14.1 Å². The van der Waals surface area contributed by atoms with Crippen molar-refractivity contribution in [1.82, 2.24) is 4.98 Å². The van der Waals surface area contributed by atoms with Crippen molar-refractivity contribution in [3.05, 3.63) is 89.2 Å². The maximum atomic E-state index is 12.4. The largest absolute Gasteiger partial charge is 0.321 e. The highest BCUT2D eigenvalue weighted by atomic mass is 32.2. The van der Waals surface area contributed by atoms with Gasteiger partial charge in [-0.25, -0.2) is 8.42 Å². The molecule has 0 spiro atoms. The summed E-state index contributed by atoms with van der Waals surface area (Å²) in [6.07, 6.45) is 4.40. The first-order valence-corrected chi connectivity index (χ1v) is 10.9. The van der Waals surface area contributed by atoms with Gasteiger partial charge < -0.3 is 5.32 Å². The van der Waals surface area contributed by atoms with Crippen molar-refractivity contribution in [3.63, 3.8) is 0 Å². The van der Waals surface area contributed by atoms with Gasteiger partial charge >= 0.3 is 0 Å². The quantitative estimate of drug-likeness (QED) is 0.669. The van der Waals surface area contributed by atoms with Crippen LogP contribution in [-0.4, -0.2) is 25.6 Å². The Kier molecular flexibility index (Phi) is 5.98. The third-order valence-electron chi connectivity index (χ3n) is 4.50. The first-order chi connectivity index (χ1) is 13.7. The SMILES string of the molecule is Cc1ccc(C)c(N(Cc2ccc(C(=O)Nc3cccnc3)cc2)S(C)(=O)=O)c1. The van der Waals surface area contributed by atoms with Gasteiger partial charge in [0.1, 0.15) is 0 Å². The van der Waals surface area contributed by atoms with E-state index in [9.17, 15) is 13.2 Å². The molecule has 0 aliphatic heterocycles. The minimum atomic E-state index is -3.48. The lowest BCUT2D eigenvalue weighted by molar-refractivity contribution is 0.102. The number of anilines is 2. The number of aryl methyl sites for hydroxylation is 2. The summed E-state index contributed by atoms with van der Waals surface area (Å²) in [5.74, 6) is -0.251. The molecule has 0 radical (unpaired) electrons. The molecule has 29 heavy (non-hydrogen) atoms. The van der Waals surface area contributed by atoms with Gasteiger partial charge in [-0.15, -0.1) is 0 Å². The van der Waals surface area contributed by atoms with Crippen molar-refractivity contribution in [2.75, 3.05) is 15.9 Å². The van der Waals surface area contributed by atoms with Gasteiger partial charge in [-0.05, 0) is 60.9 Å². The molecule has 0 saturated carbocycles. The van der Waals surface area contributed by atoms with E-state index in [1.54, 1.807) is 48.8 Å². The molecule has 0 atom stereocenters. The predicted octanol–water partition coefficient (Wildman–Crippen LogP) is 3.92. The van der Waals surface area contributed by atoms with Crippen LogP contribution in [0.25, 0.3) is 0 Å². The zero-order chi connectivity index (χ0) is 21.0. The van der Waals surface area contributed by atoms with Gasteiger partial charge in [-0.2, -0.15) is 0 Å². The summed E-state index contributed by atoms with van der Waals surface area (Å²) in [6.45, 7) is 4.01. The topological polar surface area (TPSA) is 79.4 Å². The summed E-state index contributed by atoms with van der Waals surface area (Å²) in [6, 6.07) is 16.1. The van der Waals surface area contributed by atoms with Crippen molar-refractivity contribution in [2.45, 2.75) is 20.4 Å². The Morgan fingerprint density at radius 1 is 1.07 bits per heavy atom. The van der Waals surface area contributed by atoms with E-state index in [2.05, 4.69) is 10.3 Å². The molecule has 0 bridgehead atoms. The number of sulfonamides is 1. The molecule has 0 fully saturated rings. The van der Waals surface area contributed by atoms with Crippen molar-refractivity contribution < 1.29 is 13.2 Å². The number of amides is 1. The van der Waals surface area contributed by atoms with Gasteiger partial charge in [0.25, 0.3) is 5.91 Å². The van der Waals surface area contributed by atoms with E-state index >= 15 is 0 Å². The Labute approximate surface area is 171 Å². The second kappa shape index (κ2) is 8.45. The molecule has 0 aliphatic carbocycles. The Balaban J connectivity index is 1.81. The van der Waals surface area contributed by atoms with E-state index in [1.165, 1.54) is 10.6 Å². The molecule has 2 aromatic carbocycles. The monoisotopic (exact) mass is 409 g/mol. The zero-order valence-corrected chi connectivity index (χ0v) is 17.4. The molecule has 7 heteroatoms. The smallest absolute Gasteiger partial charge is 0.255 e. The van der Waals surface area contributed by atoms with Crippen molar-refractivity contribution >= 4 is 27.3 Å². The standard InChI is InChI=1S/C22H23N3O3S/c1-16-6-7-17(2)21(13-16)25(29(3,27)28)15-18-8-10-19(11-9-18)22(26)24-20-5-4-12-23-14-20/h4-14H,15H2,1-3H3,(H,24,26). The number of aromatic nitrogens is 1. The summed E-state index contributed by atoms with van der Waals surface area (Å²) in [7, 11) is -3.48. The first-order valence-electron chi connectivity index (χ1n) is 9.09. The Bertz CT molecular complexity index is 1110. The third kappa shape index (κ3) is 5.20. The number of pyridine rings is 1. The fourth-order valence-electron chi connectivity index (χ4n) is 2.94. The second-order valence-corrected chi connectivity index (χ2v) is 8.86. The van der Waals surface area contributed by atoms with E-state index in [0.717, 1.165) is 16.7 Å². The summed E-state index contributed by atoms with van der Waals surface area (Å²) < 4.78 is 26.3. The Hall–Kier alpha value is -3.19. The lowest BCUT2D eigenvalue weighted by atomic mass is 10.1. The Morgan fingerprint density at radius 3 is 2.41 bits per heavy atom. The van der Waals surface area contributed by atoms with Crippen molar-refractivity contribution in [2.24, 2.45) is 0 Å². The van der Waals surface area contributed by atoms with Gasteiger partial charge in [0.15, 0.2) is 0 Å². The van der Waals surface area contributed by atoms with E-state index in [4.69, 9.17) is 0 Å². The molecular weight excluding hydrogens is 386 g/mol. The van der Waals surface area contributed by atoms with E-state index < -0.39 is 10.0 Å². The zero-order valence-electron chi connectivity index (χ0n) is 16.6. The molecule has 1 aromatic heterocycles. The number of nitrogens with one attached hydrogen (secondary N) is 1. The lowest BCUT2D eigenvalue weighted by Crippen LogP contribution is -2.30. The third-order valence-corrected chi connectivity index (χ3v) is 5.62. The van der Waals surface area contributed by atoms with E-state index in [0.29, 0.717) is 16.9 Å². The van der Waals surface area contributed by atoms with Crippen LogP contribution < -0.4 is 9.62 Å².